The number of benzene rings is 2. The van der Waals surface area contributed by atoms with Gasteiger partial charge in [-0.25, -0.2) is 5.43 Å². The minimum absolute atomic E-state index is 0.187. The summed E-state index contributed by atoms with van der Waals surface area (Å²) in [6.07, 6.45) is 1.42. The van der Waals surface area contributed by atoms with Crippen molar-refractivity contribution < 1.29 is 19.1 Å². The molecule has 0 bridgehead atoms. The second kappa shape index (κ2) is 7.48. The molecular formula is C18H17N3O4. The van der Waals surface area contributed by atoms with Gasteiger partial charge in [0, 0.05) is 0 Å². The highest BCUT2D eigenvalue weighted by atomic mass is 16.7. The zero-order valence-corrected chi connectivity index (χ0v) is 13.6. The fourth-order valence-corrected chi connectivity index (χ4v) is 2.30. The number of hydrogen-bond acceptors (Lipinski definition) is 5. The predicted octanol–water partition coefficient (Wildman–Crippen LogP) is 1.74. The lowest BCUT2D eigenvalue weighted by Gasteiger charge is -2.13. The molecule has 2 aromatic rings. The summed E-state index contributed by atoms with van der Waals surface area (Å²) in [5.41, 5.74) is 3.82. The SMILES string of the molecule is C[C@H](NC(=O)C(=O)N/N=C\c1ccc2c(c1)OCO2)c1ccccc1. The van der Waals surface area contributed by atoms with Gasteiger partial charge in [-0.3, -0.25) is 9.59 Å². The lowest BCUT2D eigenvalue weighted by atomic mass is 10.1. The molecule has 1 heterocycles. The average Bonchev–Trinajstić information content (AvgIpc) is 3.10. The number of nitrogens with one attached hydrogen (secondary N) is 2. The second-order valence-corrected chi connectivity index (χ2v) is 5.42. The van der Waals surface area contributed by atoms with Crippen molar-refractivity contribution in [1.82, 2.24) is 10.7 Å². The summed E-state index contributed by atoms with van der Waals surface area (Å²) in [5.74, 6) is -0.306. The Morgan fingerprint density at radius 3 is 2.64 bits per heavy atom. The number of rotatable bonds is 4. The van der Waals surface area contributed by atoms with Gasteiger partial charge in [0.25, 0.3) is 0 Å². The van der Waals surface area contributed by atoms with Crippen molar-refractivity contribution in [2.45, 2.75) is 13.0 Å². The molecule has 0 aromatic heterocycles. The zero-order chi connectivity index (χ0) is 17.6. The third-order valence-corrected chi connectivity index (χ3v) is 3.63. The Morgan fingerprint density at radius 2 is 1.84 bits per heavy atom. The highest BCUT2D eigenvalue weighted by molar-refractivity contribution is 6.35. The summed E-state index contributed by atoms with van der Waals surface area (Å²) >= 11 is 0. The van der Waals surface area contributed by atoms with Crippen molar-refractivity contribution in [2.24, 2.45) is 5.10 Å². The molecule has 0 aliphatic carbocycles. The molecule has 0 fully saturated rings. The van der Waals surface area contributed by atoms with Crippen molar-refractivity contribution in [3.63, 3.8) is 0 Å². The molecule has 0 spiro atoms. The Balaban J connectivity index is 1.52. The number of hydrazone groups is 1. The number of fused-ring (bicyclic) bond motifs is 1. The zero-order valence-electron chi connectivity index (χ0n) is 13.6. The van der Waals surface area contributed by atoms with Crippen molar-refractivity contribution in [3.05, 3.63) is 59.7 Å². The van der Waals surface area contributed by atoms with Gasteiger partial charge >= 0.3 is 11.8 Å². The molecule has 1 atom stereocenters. The van der Waals surface area contributed by atoms with Crippen LogP contribution in [-0.2, 0) is 9.59 Å². The molecule has 3 rings (SSSR count). The molecule has 2 aromatic carbocycles. The molecule has 0 unspecified atom stereocenters. The van der Waals surface area contributed by atoms with Crippen LogP contribution in [-0.4, -0.2) is 24.8 Å². The fraction of sp³-hybridized carbons (Fsp3) is 0.167. The van der Waals surface area contributed by atoms with E-state index in [0.717, 1.165) is 5.56 Å². The van der Waals surface area contributed by atoms with Crippen LogP contribution in [0, 0.1) is 0 Å². The van der Waals surface area contributed by atoms with Crippen LogP contribution in [0.2, 0.25) is 0 Å². The first kappa shape index (κ1) is 16.5. The maximum absolute atomic E-state index is 11.9. The van der Waals surface area contributed by atoms with Gasteiger partial charge in [-0.15, -0.1) is 0 Å². The Labute approximate surface area is 144 Å². The van der Waals surface area contributed by atoms with Crippen molar-refractivity contribution in [3.8, 4) is 11.5 Å². The molecule has 0 saturated carbocycles. The highest BCUT2D eigenvalue weighted by Crippen LogP contribution is 2.31. The lowest BCUT2D eigenvalue weighted by Crippen LogP contribution is -2.39. The van der Waals surface area contributed by atoms with E-state index in [9.17, 15) is 9.59 Å². The molecule has 7 heteroatoms. The third-order valence-electron chi connectivity index (χ3n) is 3.63. The van der Waals surface area contributed by atoms with E-state index in [2.05, 4.69) is 15.8 Å². The second-order valence-electron chi connectivity index (χ2n) is 5.42. The summed E-state index contributed by atoms with van der Waals surface area (Å²) in [5, 5.41) is 6.40. The minimum atomic E-state index is -0.834. The maximum atomic E-state index is 11.9. The monoisotopic (exact) mass is 339 g/mol. The summed E-state index contributed by atoms with van der Waals surface area (Å²) in [6, 6.07) is 14.3. The predicted molar refractivity (Wildman–Crippen MR) is 91.3 cm³/mol. The number of amides is 2. The van der Waals surface area contributed by atoms with E-state index in [0.29, 0.717) is 17.1 Å². The molecular weight excluding hydrogens is 322 g/mol. The van der Waals surface area contributed by atoms with Crippen LogP contribution in [0.1, 0.15) is 24.1 Å². The largest absolute Gasteiger partial charge is 0.454 e. The van der Waals surface area contributed by atoms with Crippen LogP contribution in [0.5, 0.6) is 11.5 Å². The minimum Gasteiger partial charge on any atom is -0.454 e. The first-order valence-electron chi connectivity index (χ1n) is 7.72. The van der Waals surface area contributed by atoms with E-state index in [1.165, 1.54) is 6.21 Å². The maximum Gasteiger partial charge on any atom is 0.329 e. The Kier molecular flexibility index (Phi) is 4.94. The Bertz CT molecular complexity index is 805. The van der Waals surface area contributed by atoms with Crippen LogP contribution in [0.3, 0.4) is 0 Å². The van der Waals surface area contributed by atoms with Crippen LogP contribution in [0.15, 0.2) is 53.6 Å². The third kappa shape index (κ3) is 4.14. The van der Waals surface area contributed by atoms with Crippen LogP contribution < -0.4 is 20.2 Å². The summed E-state index contributed by atoms with van der Waals surface area (Å²) in [6.45, 7) is 1.99. The number of carbonyl (C=O) groups excluding carboxylic acids is 2. The van der Waals surface area contributed by atoms with E-state index in [1.54, 1.807) is 25.1 Å². The van der Waals surface area contributed by atoms with E-state index in [1.807, 2.05) is 30.3 Å². The topological polar surface area (TPSA) is 89.0 Å². The van der Waals surface area contributed by atoms with Gasteiger partial charge in [0.2, 0.25) is 6.79 Å². The van der Waals surface area contributed by atoms with Crippen LogP contribution in [0.4, 0.5) is 0 Å². The van der Waals surface area contributed by atoms with Gasteiger partial charge in [-0.1, -0.05) is 30.3 Å². The number of carbonyl (C=O) groups is 2. The molecule has 0 saturated heterocycles. The number of nitrogens with zero attached hydrogens (tertiary/aromatic N) is 1. The van der Waals surface area contributed by atoms with E-state index in [4.69, 9.17) is 9.47 Å². The molecule has 25 heavy (non-hydrogen) atoms. The molecule has 1 aliphatic rings. The van der Waals surface area contributed by atoms with Gasteiger partial charge in [-0.2, -0.15) is 5.10 Å². The number of ether oxygens (including phenoxy) is 2. The number of hydrogen-bond donors (Lipinski definition) is 2. The van der Waals surface area contributed by atoms with Gasteiger partial charge in [0.15, 0.2) is 11.5 Å². The smallest absolute Gasteiger partial charge is 0.329 e. The summed E-state index contributed by atoms with van der Waals surface area (Å²) in [7, 11) is 0. The van der Waals surface area contributed by atoms with Crippen molar-refractivity contribution >= 4 is 18.0 Å². The quantitative estimate of drug-likeness (QED) is 0.504. The van der Waals surface area contributed by atoms with Gasteiger partial charge < -0.3 is 14.8 Å². The van der Waals surface area contributed by atoms with Crippen LogP contribution >= 0.6 is 0 Å². The van der Waals surface area contributed by atoms with Gasteiger partial charge in [-0.05, 0) is 36.2 Å². The molecule has 1 aliphatic heterocycles. The standard InChI is InChI=1S/C18H17N3O4/c1-12(14-5-3-2-4-6-14)20-17(22)18(23)21-19-10-13-7-8-15-16(9-13)25-11-24-15/h2-10,12H,11H2,1H3,(H,20,22)(H,21,23)/b19-10-/t12-/m0/s1. The summed E-state index contributed by atoms with van der Waals surface area (Å²) in [4.78, 5) is 23.7. The lowest BCUT2D eigenvalue weighted by molar-refractivity contribution is -0.139. The molecule has 128 valence electrons. The van der Waals surface area contributed by atoms with Crippen molar-refractivity contribution in [1.29, 1.82) is 0 Å². The Hall–Kier alpha value is -3.35. The van der Waals surface area contributed by atoms with E-state index >= 15 is 0 Å². The highest BCUT2D eigenvalue weighted by Gasteiger charge is 2.16. The normalized spacial score (nSPS) is 13.5. The van der Waals surface area contributed by atoms with Crippen LogP contribution in [0.25, 0.3) is 0 Å². The van der Waals surface area contributed by atoms with E-state index < -0.39 is 11.8 Å². The molecule has 2 amide bonds. The average molecular weight is 339 g/mol. The first-order valence-corrected chi connectivity index (χ1v) is 7.72. The van der Waals surface area contributed by atoms with Crippen molar-refractivity contribution in [2.75, 3.05) is 6.79 Å². The Morgan fingerprint density at radius 1 is 1.08 bits per heavy atom. The van der Waals surface area contributed by atoms with E-state index in [-0.39, 0.29) is 12.8 Å². The van der Waals surface area contributed by atoms with Gasteiger partial charge in [0.1, 0.15) is 0 Å². The first-order chi connectivity index (χ1) is 12.1. The molecule has 0 radical (unpaired) electrons. The molecule has 2 N–H and O–H groups in total. The van der Waals surface area contributed by atoms with Gasteiger partial charge in [0.05, 0.1) is 12.3 Å². The summed E-state index contributed by atoms with van der Waals surface area (Å²) < 4.78 is 10.5. The fourth-order valence-electron chi connectivity index (χ4n) is 2.30. The molecule has 7 nitrogen and oxygen atoms in total.